The first kappa shape index (κ1) is 23.8. The first-order valence-electron chi connectivity index (χ1n) is 12.1. The smallest absolute Gasteiger partial charge is 0.281 e. The second-order valence-electron chi connectivity index (χ2n) is 9.17. The minimum Gasteiger partial charge on any atom is -0.480 e. The molecule has 1 aliphatic carbocycles. The van der Waals surface area contributed by atoms with E-state index in [1.165, 1.54) is 5.01 Å². The first-order chi connectivity index (χ1) is 18.0. The Morgan fingerprint density at radius 1 is 1.16 bits per heavy atom. The van der Waals surface area contributed by atoms with Crippen LogP contribution >= 0.6 is 23.2 Å². The number of ether oxygens (including phenoxy) is 1. The highest BCUT2D eigenvalue weighted by Gasteiger charge is 2.45. The van der Waals surface area contributed by atoms with Gasteiger partial charge in [0.2, 0.25) is 0 Å². The Labute approximate surface area is 223 Å². The van der Waals surface area contributed by atoms with Crippen LogP contribution in [0.4, 0.5) is 0 Å². The Morgan fingerprint density at radius 2 is 2.00 bits per heavy atom. The fourth-order valence-electron chi connectivity index (χ4n) is 5.12. The molecule has 1 amide bonds. The number of pyridine rings is 1. The Bertz CT molecular complexity index is 1530. The SMILES string of the molecule is Cc1ccc2c(Cl)cc(Cl)c(OCC(=O)N3N=C4C(=Cc5ccco5)CCCC4C3c3ccco3)c2n1. The van der Waals surface area contributed by atoms with E-state index in [1.54, 1.807) is 18.6 Å². The van der Waals surface area contributed by atoms with Crippen LogP contribution in [0.2, 0.25) is 10.0 Å². The Hall–Kier alpha value is -3.55. The van der Waals surface area contributed by atoms with Gasteiger partial charge in [0.05, 0.1) is 28.3 Å². The van der Waals surface area contributed by atoms with E-state index in [9.17, 15) is 4.79 Å². The predicted octanol–water partition coefficient (Wildman–Crippen LogP) is 7.24. The number of carbonyl (C=O) groups excluding carboxylic acids is 1. The number of furan rings is 2. The van der Waals surface area contributed by atoms with Gasteiger partial charge in [0.15, 0.2) is 12.4 Å². The van der Waals surface area contributed by atoms with Gasteiger partial charge in [-0.15, -0.1) is 0 Å². The zero-order valence-corrected chi connectivity index (χ0v) is 21.5. The molecule has 1 fully saturated rings. The normalized spacial score (nSPS) is 20.4. The Morgan fingerprint density at radius 3 is 2.78 bits per heavy atom. The molecule has 4 aromatic rings. The summed E-state index contributed by atoms with van der Waals surface area (Å²) in [7, 11) is 0. The minimum atomic E-state index is -0.362. The lowest BCUT2D eigenvalue weighted by Crippen LogP contribution is -2.34. The van der Waals surface area contributed by atoms with Crippen molar-refractivity contribution in [3.05, 3.63) is 87.8 Å². The van der Waals surface area contributed by atoms with E-state index in [0.29, 0.717) is 27.4 Å². The maximum Gasteiger partial charge on any atom is 0.281 e. The fourth-order valence-corrected chi connectivity index (χ4v) is 5.69. The monoisotopic (exact) mass is 535 g/mol. The maximum atomic E-state index is 13.6. The molecule has 0 radical (unpaired) electrons. The molecule has 2 unspecified atom stereocenters. The number of hydrazone groups is 1. The van der Waals surface area contributed by atoms with Crippen molar-refractivity contribution in [2.24, 2.45) is 11.0 Å². The van der Waals surface area contributed by atoms with E-state index in [0.717, 1.165) is 42.0 Å². The van der Waals surface area contributed by atoms with Gasteiger partial charge in [-0.3, -0.25) is 4.79 Å². The molecule has 1 aliphatic heterocycles. The third-order valence-electron chi connectivity index (χ3n) is 6.77. The van der Waals surface area contributed by atoms with Crippen LogP contribution in [0.1, 0.15) is 42.5 Å². The van der Waals surface area contributed by atoms with Gasteiger partial charge in [0.25, 0.3) is 5.91 Å². The van der Waals surface area contributed by atoms with Crippen molar-refractivity contribution in [2.75, 3.05) is 6.61 Å². The van der Waals surface area contributed by atoms with Gasteiger partial charge in [-0.1, -0.05) is 23.2 Å². The van der Waals surface area contributed by atoms with Crippen molar-refractivity contribution in [3.63, 3.8) is 0 Å². The van der Waals surface area contributed by atoms with Crippen LogP contribution < -0.4 is 4.74 Å². The average Bonchev–Trinajstić information content (AvgIpc) is 3.64. The van der Waals surface area contributed by atoms with E-state index in [1.807, 2.05) is 49.4 Å². The highest BCUT2D eigenvalue weighted by molar-refractivity contribution is 6.39. The molecule has 37 heavy (non-hydrogen) atoms. The quantitative estimate of drug-likeness (QED) is 0.269. The van der Waals surface area contributed by atoms with E-state index in [4.69, 9.17) is 41.9 Å². The number of rotatable bonds is 5. The molecule has 2 atom stereocenters. The molecule has 4 heterocycles. The van der Waals surface area contributed by atoms with E-state index in [-0.39, 0.29) is 29.5 Å². The van der Waals surface area contributed by atoms with Gasteiger partial charge >= 0.3 is 0 Å². The second-order valence-corrected chi connectivity index (χ2v) is 9.99. The number of aryl methyl sites for hydroxylation is 1. The minimum absolute atomic E-state index is 0.00864. The third-order valence-corrected chi connectivity index (χ3v) is 7.36. The predicted molar refractivity (Wildman–Crippen MR) is 142 cm³/mol. The lowest BCUT2D eigenvalue weighted by atomic mass is 9.79. The van der Waals surface area contributed by atoms with Gasteiger partial charge in [-0.05, 0) is 80.3 Å². The molecule has 0 saturated heterocycles. The molecular formula is C28H23Cl2N3O4. The van der Waals surface area contributed by atoms with Crippen LogP contribution in [0.3, 0.4) is 0 Å². The number of carbonyl (C=O) groups is 1. The number of fused-ring (bicyclic) bond motifs is 2. The summed E-state index contributed by atoms with van der Waals surface area (Å²) < 4.78 is 17.3. The summed E-state index contributed by atoms with van der Waals surface area (Å²) in [5, 5.41) is 7.76. The average molecular weight is 536 g/mol. The van der Waals surface area contributed by atoms with Crippen LogP contribution in [0.15, 0.2) is 74.5 Å². The van der Waals surface area contributed by atoms with Crippen molar-refractivity contribution in [2.45, 2.75) is 32.2 Å². The molecule has 3 aromatic heterocycles. The molecule has 1 saturated carbocycles. The fraction of sp³-hybridized carbons (Fsp3) is 0.250. The Balaban J connectivity index is 1.33. The van der Waals surface area contributed by atoms with E-state index >= 15 is 0 Å². The summed E-state index contributed by atoms with van der Waals surface area (Å²) in [4.78, 5) is 18.2. The zero-order chi connectivity index (χ0) is 25.5. The summed E-state index contributed by atoms with van der Waals surface area (Å²) in [5.41, 5.74) is 3.23. The van der Waals surface area contributed by atoms with Gasteiger partial charge in [-0.25, -0.2) is 9.99 Å². The third kappa shape index (κ3) is 4.43. The van der Waals surface area contributed by atoms with Crippen molar-refractivity contribution in [3.8, 4) is 5.75 Å². The topological polar surface area (TPSA) is 81.1 Å². The van der Waals surface area contributed by atoms with Crippen LogP contribution in [-0.2, 0) is 4.79 Å². The maximum absolute atomic E-state index is 13.6. The van der Waals surface area contributed by atoms with Crippen LogP contribution in [0.25, 0.3) is 17.0 Å². The van der Waals surface area contributed by atoms with Gasteiger partial charge in [-0.2, -0.15) is 5.10 Å². The number of aromatic nitrogens is 1. The van der Waals surface area contributed by atoms with Crippen molar-refractivity contribution >= 4 is 51.8 Å². The second kappa shape index (κ2) is 9.72. The number of nitrogens with zero attached hydrogens (tertiary/aromatic N) is 3. The number of allylic oxidation sites excluding steroid dienone is 1. The van der Waals surface area contributed by atoms with Crippen LogP contribution in [0, 0.1) is 12.8 Å². The van der Waals surface area contributed by atoms with Gasteiger partial charge < -0.3 is 13.6 Å². The molecule has 188 valence electrons. The molecule has 0 N–H and O–H groups in total. The number of halogens is 2. The van der Waals surface area contributed by atoms with Crippen molar-refractivity contribution < 1.29 is 18.4 Å². The van der Waals surface area contributed by atoms with Gasteiger partial charge in [0, 0.05) is 17.0 Å². The zero-order valence-electron chi connectivity index (χ0n) is 20.0. The largest absolute Gasteiger partial charge is 0.480 e. The molecule has 9 heteroatoms. The van der Waals surface area contributed by atoms with Crippen LogP contribution in [-0.4, -0.2) is 28.2 Å². The van der Waals surface area contributed by atoms with Gasteiger partial charge in [0.1, 0.15) is 23.1 Å². The number of amides is 1. The van der Waals surface area contributed by atoms with Crippen LogP contribution in [0.5, 0.6) is 5.75 Å². The van der Waals surface area contributed by atoms with E-state index < -0.39 is 0 Å². The first-order valence-corrected chi connectivity index (χ1v) is 12.8. The number of benzene rings is 1. The van der Waals surface area contributed by atoms with Crippen molar-refractivity contribution in [1.82, 2.24) is 9.99 Å². The molecule has 7 nitrogen and oxygen atoms in total. The Kier molecular flexibility index (Phi) is 6.26. The highest BCUT2D eigenvalue weighted by atomic mass is 35.5. The number of hydrogen-bond donors (Lipinski definition) is 0. The highest BCUT2D eigenvalue weighted by Crippen LogP contribution is 2.45. The number of hydrogen-bond acceptors (Lipinski definition) is 6. The molecule has 0 spiro atoms. The molecule has 6 rings (SSSR count). The summed E-state index contributed by atoms with van der Waals surface area (Å²) in [5.74, 6) is 1.45. The van der Waals surface area contributed by atoms with E-state index in [2.05, 4.69) is 4.98 Å². The standard InChI is InChI=1S/C28H23Cl2N3O4/c1-16-9-10-19-21(29)14-22(30)28(26(19)31-16)37-15-24(34)33-27(23-8-4-12-36-23)20-7-2-5-17(25(20)32-33)13-18-6-3-11-35-18/h3-4,6,8-14,20,27H,2,5,7,15H2,1H3. The lowest BCUT2D eigenvalue weighted by molar-refractivity contribution is -0.136. The molecule has 2 aliphatic rings. The summed E-state index contributed by atoms with van der Waals surface area (Å²) in [6.07, 6.45) is 7.98. The molecule has 0 bridgehead atoms. The van der Waals surface area contributed by atoms with Crippen molar-refractivity contribution in [1.29, 1.82) is 0 Å². The molecule has 1 aromatic carbocycles. The summed E-state index contributed by atoms with van der Waals surface area (Å²) in [6, 6.07) is 12.4. The lowest BCUT2D eigenvalue weighted by Gasteiger charge is -2.27. The summed E-state index contributed by atoms with van der Waals surface area (Å²) in [6.45, 7) is 1.59. The molecular weight excluding hydrogens is 513 g/mol. The summed E-state index contributed by atoms with van der Waals surface area (Å²) >= 11 is 12.8.